The van der Waals surface area contributed by atoms with Crippen molar-refractivity contribution in [3.8, 4) is 17.2 Å². The molecule has 0 unspecified atom stereocenters. The Morgan fingerprint density at radius 3 is 2.15 bits per heavy atom. The van der Waals surface area contributed by atoms with Crippen molar-refractivity contribution in [1.82, 2.24) is 4.90 Å². The molecule has 0 aromatic heterocycles. The van der Waals surface area contributed by atoms with E-state index in [2.05, 4.69) is 12.2 Å². The van der Waals surface area contributed by atoms with Gasteiger partial charge in [-0.05, 0) is 42.7 Å². The van der Waals surface area contributed by atoms with E-state index in [0.29, 0.717) is 53.7 Å². The highest BCUT2D eigenvalue weighted by Gasteiger charge is 2.39. The van der Waals surface area contributed by atoms with Crippen molar-refractivity contribution < 1.29 is 28.5 Å². The summed E-state index contributed by atoms with van der Waals surface area (Å²) in [6.07, 6.45) is 2.61. The van der Waals surface area contributed by atoms with Gasteiger partial charge in [0.2, 0.25) is 0 Å². The highest BCUT2D eigenvalue weighted by molar-refractivity contribution is 6.36. The van der Waals surface area contributed by atoms with E-state index in [1.807, 2.05) is 0 Å². The molecule has 1 N–H and O–H groups in total. The van der Waals surface area contributed by atoms with Crippen LogP contribution in [0, 0.1) is 0 Å². The van der Waals surface area contributed by atoms with E-state index in [9.17, 15) is 9.59 Å². The zero-order chi connectivity index (χ0) is 24.5. The molecule has 0 fully saturated rings. The quantitative estimate of drug-likeness (QED) is 0.350. The number of methoxy groups -OCH3 is 3. The van der Waals surface area contributed by atoms with Crippen LogP contribution in [0.1, 0.15) is 31.7 Å². The first-order valence-corrected chi connectivity index (χ1v) is 11.4. The van der Waals surface area contributed by atoms with Crippen LogP contribution in [0.25, 0.3) is 5.57 Å². The smallest absolute Gasteiger partial charge is 0.278 e. The summed E-state index contributed by atoms with van der Waals surface area (Å²) in [5.41, 5.74) is 1.62. The number of anilines is 1. The molecule has 0 bridgehead atoms. The summed E-state index contributed by atoms with van der Waals surface area (Å²) in [4.78, 5) is 28.1. The molecular weight excluding hydrogens is 436 g/mol. The Labute approximate surface area is 200 Å². The number of nitrogens with zero attached hydrogens (tertiary/aromatic N) is 1. The minimum absolute atomic E-state index is 0.189. The second-order valence-corrected chi connectivity index (χ2v) is 7.75. The van der Waals surface area contributed by atoms with Gasteiger partial charge in [-0.3, -0.25) is 14.5 Å². The van der Waals surface area contributed by atoms with Crippen LogP contribution in [0.4, 0.5) is 5.69 Å². The SMILES string of the molecule is CCCCOCCCN1C(=O)C(Nc2cc(OC)ccc2OC)=C(c2ccc(OC)cc2)C1=O. The van der Waals surface area contributed by atoms with E-state index in [0.717, 1.165) is 12.8 Å². The normalized spacial score (nSPS) is 13.5. The first-order valence-electron chi connectivity index (χ1n) is 11.4. The van der Waals surface area contributed by atoms with Crippen LogP contribution in [-0.4, -0.2) is 57.8 Å². The summed E-state index contributed by atoms with van der Waals surface area (Å²) < 4.78 is 21.6. The van der Waals surface area contributed by atoms with Crippen molar-refractivity contribution >= 4 is 23.1 Å². The van der Waals surface area contributed by atoms with Crippen molar-refractivity contribution in [2.24, 2.45) is 0 Å². The molecule has 8 nitrogen and oxygen atoms in total. The third-order valence-corrected chi connectivity index (χ3v) is 5.53. The number of rotatable bonds is 13. The minimum Gasteiger partial charge on any atom is -0.497 e. The van der Waals surface area contributed by atoms with Crippen LogP contribution < -0.4 is 19.5 Å². The molecule has 1 aliphatic heterocycles. The molecule has 182 valence electrons. The number of nitrogens with one attached hydrogen (secondary N) is 1. The van der Waals surface area contributed by atoms with Crippen LogP contribution in [0.15, 0.2) is 48.2 Å². The zero-order valence-electron chi connectivity index (χ0n) is 20.2. The van der Waals surface area contributed by atoms with Crippen LogP contribution in [0.3, 0.4) is 0 Å². The van der Waals surface area contributed by atoms with E-state index in [1.165, 1.54) is 12.0 Å². The van der Waals surface area contributed by atoms with Crippen LogP contribution in [0.5, 0.6) is 17.2 Å². The Morgan fingerprint density at radius 2 is 1.50 bits per heavy atom. The van der Waals surface area contributed by atoms with E-state index in [-0.39, 0.29) is 18.1 Å². The van der Waals surface area contributed by atoms with E-state index in [1.54, 1.807) is 56.7 Å². The molecule has 2 aromatic carbocycles. The lowest BCUT2D eigenvalue weighted by molar-refractivity contribution is -0.137. The van der Waals surface area contributed by atoms with Crippen LogP contribution in [0.2, 0.25) is 0 Å². The number of hydrogen-bond donors (Lipinski definition) is 1. The molecule has 3 rings (SSSR count). The maximum Gasteiger partial charge on any atom is 0.278 e. The summed E-state index contributed by atoms with van der Waals surface area (Å²) >= 11 is 0. The lowest BCUT2D eigenvalue weighted by Gasteiger charge is -2.16. The Balaban J connectivity index is 1.91. The molecule has 2 aromatic rings. The summed E-state index contributed by atoms with van der Waals surface area (Å²) in [6.45, 7) is 3.53. The van der Waals surface area contributed by atoms with Gasteiger partial charge in [0.05, 0.1) is 32.6 Å². The predicted octanol–water partition coefficient (Wildman–Crippen LogP) is 4.11. The molecule has 0 aliphatic carbocycles. The molecule has 0 saturated heterocycles. The molecule has 0 saturated carbocycles. The molecule has 34 heavy (non-hydrogen) atoms. The van der Waals surface area contributed by atoms with Gasteiger partial charge in [-0.25, -0.2) is 0 Å². The van der Waals surface area contributed by atoms with Gasteiger partial charge in [-0.2, -0.15) is 0 Å². The summed E-state index contributed by atoms with van der Waals surface area (Å²) in [6, 6.07) is 12.3. The summed E-state index contributed by atoms with van der Waals surface area (Å²) in [7, 11) is 4.67. The molecule has 1 aliphatic rings. The molecular formula is C26H32N2O6. The number of carbonyl (C=O) groups excluding carboxylic acids is 2. The lowest BCUT2D eigenvalue weighted by atomic mass is 10.0. The standard InChI is InChI=1S/C26H32N2O6/c1-5-6-15-34-16-7-14-28-25(29)23(18-8-10-19(31-2)11-9-18)24(26(28)30)27-21-17-20(32-3)12-13-22(21)33-4/h8-13,17,27H,5-7,14-16H2,1-4H3. The first-order chi connectivity index (χ1) is 16.5. The van der Waals surface area contributed by atoms with Gasteiger partial charge in [-0.1, -0.05) is 25.5 Å². The van der Waals surface area contributed by atoms with E-state index >= 15 is 0 Å². The molecule has 8 heteroatoms. The summed E-state index contributed by atoms with van der Waals surface area (Å²) in [5, 5.41) is 3.14. The Morgan fingerprint density at radius 1 is 0.824 bits per heavy atom. The monoisotopic (exact) mass is 468 g/mol. The van der Waals surface area contributed by atoms with Crippen LogP contribution in [-0.2, 0) is 14.3 Å². The minimum atomic E-state index is -0.394. The third kappa shape index (κ3) is 5.69. The lowest BCUT2D eigenvalue weighted by Crippen LogP contribution is -2.34. The van der Waals surface area contributed by atoms with E-state index in [4.69, 9.17) is 18.9 Å². The number of hydrogen-bond acceptors (Lipinski definition) is 7. The van der Waals surface area contributed by atoms with Gasteiger partial charge >= 0.3 is 0 Å². The number of amides is 2. The van der Waals surface area contributed by atoms with Crippen LogP contribution >= 0.6 is 0 Å². The van der Waals surface area contributed by atoms with Gasteiger partial charge in [0, 0.05) is 25.8 Å². The van der Waals surface area contributed by atoms with Crippen molar-refractivity contribution in [2.75, 3.05) is 46.4 Å². The predicted molar refractivity (Wildman–Crippen MR) is 130 cm³/mol. The molecule has 0 atom stereocenters. The zero-order valence-corrected chi connectivity index (χ0v) is 20.2. The maximum absolute atomic E-state index is 13.4. The largest absolute Gasteiger partial charge is 0.497 e. The third-order valence-electron chi connectivity index (χ3n) is 5.53. The number of benzene rings is 2. The van der Waals surface area contributed by atoms with Crippen molar-refractivity contribution in [2.45, 2.75) is 26.2 Å². The fraction of sp³-hybridized carbons (Fsp3) is 0.385. The fourth-order valence-corrected chi connectivity index (χ4v) is 3.64. The van der Waals surface area contributed by atoms with Gasteiger partial charge in [-0.15, -0.1) is 0 Å². The number of unbranched alkanes of at least 4 members (excludes halogenated alkanes) is 1. The van der Waals surface area contributed by atoms with Crippen molar-refractivity contribution in [3.63, 3.8) is 0 Å². The molecule has 1 heterocycles. The first kappa shape index (κ1) is 25.1. The second kappa shape index (κ2) is 12.1. The number of ether oxygens (including phenoxy) is 4. The molecule has 0 spiro atoms. The molecule has 0 radical (unpaired) electrons. The van der Waals surface area contributed by atoms with Gasteiger partial charge < -0.3 is 24.3 Å². The maximum atomic E-state index is 13.4. The fourth-order valence-electron chi connectivity index (χ4n) is 3.64. The number of carbonyl (C=O) groups is 2. The highest BCUT2D eigenvalue weighted by Crippen LogP contribution is 2.35. The Kier molecular flexibility index (Phi) is 8.93. The van der Waals surface area contributed by atoms with Gasteiger partial charge in [0.1, 0.15) is 22.9 Å². The Bertz CT molecular complexity index is 1030. The van der Waals surface area contributed by atoms with Gasteiger partial charge in [0.15, 0.2) is 0 Å². The number of imide groups is 1. The van der Waals surface area contributed by atoms with E-state index < -0.39 is 5.91 Å². The van der Waals surface area contributed by atoms with Crippen molar-refractivity contribution in [3.05, 3.63) is 53.7 Å². The van der Waals surface area contributed by atoms with Gasteiger partial charge in [0.25, 0.3) is 11.8 Å². The second-order valence-electron chi connectivity index (χ2n) is 7.75. The topological polar surface area (TPSA) is 86.3 Å². The summed E-state index contributed by atoms with van der Waals surface area (Å²) in [5.74, 6) is 1.02. The average Bonchev–Trinajstić information content (AvgIpc) is 3.10. The van der Waals surface area contributed by atoms with Crippen molar-refractivity contribution in [1.29, 1.82) is 0 Å². The molecule has 2 amide bonds. The Hall–Kier alpha value is -3.52. The average molecular weight is 469 g/mol. The highest BCUT2D eigenvalue weighted by atomic mass is 16.5.